The van der Waals surface area contributed by atoms with E-state index in [1.54, 1.807) is 12.2 Å². The van der Waals surface area contributed by atoms with Crippen molar-refractivity contribution in [2.45, 2.75) is 0 Å². The number of allylic oxidation sites excluding steroid dienone is 3. The lowest BCUT2D eigenvalue weighted by atomic mass is 10.3. The second-order valence-corrected chi connectivity index (χ2v) is 6.53. The fraction of sp³-hybridized carbons (Fsp3) is 0.143. The third-order valence-electron chi connectivity index (χ3n) is 3.13. The molecule has 2 heterocycles. The van der Waals surface area contributed by atoms with Crippen molar-refractivity contribution in [1.29, 1.82) is 0 Å². The highest BCUT2D eigenvalue weighted by atomic mass is 32.2. The molecule has 1 aromatic carbocycles. The van der Waals surface area contributed by atoms with Gasteiger partial charge in [0.15, 0.2) is 9.84 Å². The van der Waals surface area contributed by atoms with Gasteiger partial charge in [-0.3, -0.25) is 0 Å². The Bertz CT molecular complexity index is 687. The van der Waals surface area contributed by atoms with Gasteiger partial charge in [-0.25, -0.2) is 8.42 Å². The van der Waals surface area contributed by atoms with Gasteiger partial charge in [0.25, 0.3) is 0 Å². The predicted octanol–water partition coefficient (Wildman–Crippen LogP) is 2.06. The number of rotatable bonds is 2. The van der Waals surface area contributed by atoms with Crippen LogP contribution < -0.4 is 4.90 Å². The molecule has 19 heavy (non-hydrogen) atoms. The molecule has 0 N–H and O–H groups in total. The molecule has 2 aliphatic rings. The van der Waals surface area contributed by atoms with E-state index in [2.05, 4.69) is 0 Å². The standard InChI is InChI=1S/C14H14N2O2S/c1-19(17,18)14-9-5-8-13-10-15(11-16(13)14)12-6-3-2-4-7-12/h2-10H,11H2,1H3. The molecular formula is C14H14N2O2S. The van der Waals surface area contributed by atoms with E-state index in [4.69, 9.17) is 0 Å². The molecule has 3 rings (SSSR count). The summed E-state index contributed by atoms with van der Waals surface area (Å²) in [7, 11) is -3.22. The number of anilines is 1. The Hall–Kier alpha value is -2.01. The average molecular weight is 274 g/mol. The second-order valence-electron chi connectivity index (χ2n) is 4.56. The van der Waals surface area contributed by atoms with Crippen molar-refractivity contribution < 1.29 is 8.42 Å². The minimum absolute atomic E-state index is 0.347. The van der Waals surface area contributed by atoms with Gasteiger partial charge in [0, 0.05) is 18.1 Å². The zero-order chi connectivity index (χ0) is 13.5. The Morgan fingerprint density at radius 1 is 1.16 bits per heavy atom. The van der Waals surface area contributed by atoms with E-state index in [0.717, 1.165) is 11.4 Å². The Morgan fingerprint density at radius 3 is 2.58 bits per heavy atom. The maximum absolute atomic E-state index is 11.8. The lowest BCUT2D eigenvalue weighted by Gasteiger charge is -2.25. The Kier molecular flexibility index (Phi) is 2.71. The van der Waals surface area contributed by atoms with Crippen LogP contribution in [0.3, 0.4) is 0 Å². The van der Waals surface area contributed by atoms with E-state index in [0.29, 0.717) is 11.7 Å². The molecule has 0 bridgehead atoms. The zero-order valence-corrected chi connectivity index (χ0v) is 11.3. The van der Waals surface area contributed by atoms with Gasteiger partial charge in [0.05, 0.1) is 5.70 Å². The van der Waals surface area contributed by atoms with Gasteiger partial charge in [-0.05, 0) is 24.3 Å². The fourth-order valence-corrected chi connectivity index (χ4v) is 3.14. The molecule has 0 saturated heterocycles. The van der Waals surface area contributed by atoms with Crippen LogP contribution >= 0.6 is 0 Å². The summed E-state index contributed by atoms with van der Waals surface area (Å²) in [4.78, 5) is 3.84. The number of sulfone groups is 1. The molecule has 0 aromatic heterocycles. The maximum Gasteiger partial charge on any atom is 0.191 e. The van der Waals surface area contributed by atoms with Crippen molar-refractivity contribution in [3.05, 3.63) is 65.5 Å². The van der Waals surface area contributed by atoms with Crippen molar-refractivity contribution in [3.8, 4) is 0 Å². The van der Waals surface area contributed by atoms with Gasteiger partial charge in [-0.2, -0.15) is 0 Å². The Morgan fingerprint density at radius 2 is 1.89 bits per heavy atom. The topological polar surface area (TPSA) is 40.6 Å². The van der Waals surface area contributed by atoms with Crippen molar-refractivity contribution >= 4 is 15.5 Å². The number of para-hydroxylation sites is 1. The van der Waals surface area contributed by atoms with E-state index in [1.807, 2.05) is 52.4 Å². The summed E-state index contributed by atoms with van der Waals surface area (Å²) < 4.78 is 23.6. The van der Waals surface area contributed by atoms with Crippen molar-refractivity contribution in [3.63, 3.8) is 0 Å². The number of nitrogens with zero attached hydrogens (tertiary/aromatic N) is 2. The molecule has 98 valence electrons. The SMILES string of the molecule is CS(=O)(=O)C1=CC=CC2=CN(c3ccccc3)CN21. The Balaban J connectivity index is 1.95. The molecule has 4 nitrogen and oxygen atoms in total. The average Bonchev–Trinajstić information content (AvgIpc) is 2.82. The van der Waals surface area contributed by atoms with E-state index in [-0.39, 0.29) is 0 Å². The number of fused-ring (bicyclic) bond motifs is 1. The van der Waals surface area contributed by atoms with Crippen molar-refractivity contribution in [1.82, 2.24) is 4.90 Å². The Labute approximate surface area is 112 Å². The third-order valence-corrected chi connectivity index (χ3v) is 4.25. The van der Waals surface area contributed by atoms with Crippen LogP contribution in [0.15, 0.2) is 65.5 Å². The largest absolute Gasteiger partial charge is 0.327 e. The summed E-state index contributed by atoms with van der Waals surface area (Å²) in [5.41, 5.74) is 1.94. The summed E-state index contributed by atoms with van der Waals surface area (Å²) in [5.74, 6) is 0. The molecule has 0 amide bonds. The lowest BCUT2D eigenvalue weighted by Crippen LogP contribution is -2.30. The molecule has 0 saturated carbocycles. The summed E-state index contributed by atoms with van der Waals surface area (Å²) >= 11 is 0. The van der Waals surface area contributed by atoms with Gasteiger partial charge in [0.2, 0.25) is 0 Å². The maximum atomic E-state index is 11.8. The van der Waals surface area contributed by atoms with Crippen molar-refractivity contribution in [2.75, 3.05) is 17.8 Å². The molecule has 5 heteroatoms. The molecule has 0 radical (unpaired) electrons. The summed E-state index contributed by atoms with van der Waals surface area (Å²) in [5, 5.41) is 0.347. The van der Waals surface area contributed by atoms with Gasteiger partial charge in [0.1, 0.15) is 11.7 Å². The number of hydrogen-bond acceptors (Lipinski definition) is 4. The summed E-state index contributed by atoms with van der Waals surface area (Å²) in [6.07, 6.45) is 8.52. The van der Waals surface area contributed by atoms with Crippen LogP contribution in [-0.4, -0.2) is 26.2 Å². The van der Waals surface area contributed by atoms with Crippen LogP contribution in [0.25, 0.3) is 0 Å². The second kappa shape index (κ2) is 4.28. The fourth-order valence-electron chi connectivity index (χ4n) is 2.25. The smallest absolute Gasteiger partial charge is 0.191 e. The van der Waals surface area contributed by atoms with Crippen LogP contribution in [0.1, 0.15) is 0 Å². The number of hydrogen-bond donors (Lipinski definition) is 0. The van der Waals surface area contributed by atoms with Crippen LogP contribution in [0.4, 0.5) is 5.69 Å². The molecule has 1 aromatic rings. The first-order valence-corrected chi connectivity index (χ1v) is 7.84. The lowest BCUT2D eigenvalue weighted by molar-refractivity contribution is 0.491. The van der Waals surface area contributed by atoms with Crippen LogP contribution in [0.2, 0.25) is 0 Å². The molecule has 0 fully saturated rings. The first-order chi connectivity index (χ1) is 9.05. The summed E-state index contributed by atoms with van der Waals surface area (Å²) in [6, 6.07) is 9.90. The molecule has 0 atom stereocenters. The third kappa shape index (κ3) is 2.17. The van der Waals surface area contributed by atoms with Crippen LogP contribution in [0, 0.1) is 0 Å². The molecule has 0 unspecified atom stereocenters. The highest BCUT2D eigenvalue weighted by molar-refractivity contribution is 7.94. The van der Waals surface area contributed by atoms with Gasteiger partial charge >= 0.3 is 0 Å². The quantitative estimate of drug-likeness (QED) is 0.827. The highest BCUT2D eigenvalue weighted by Crippen LogP contribution is 2.31. The first kappa shape index (κ1) is 12.0. The molecular weight excluding hydrogens is 260 g/mol. The predicted molar refractivity (Wildman–Crippen MR) is 75.8 cm³/mol. The van der Waals surface area contributed by atoms with E-state index in [1.165, 1.54) is 6.26 Å². The van der Waals surface area contributed by atoms with Crippen LogP contribution in [-0.2, 0) is 9.84 Å². The first-order valence-electron chi connectivity index (χ1n) is 5.95. The minimum atomic E-state index is -3.22. The minimum Gasteiger partial charge on any atom is -0.327 e. The molecule has 0 aliphatic carbocycles. The molecule has 0 spiro atoms. The highest BCUT2D eigenvalue weighted by Gasteiger charge is 2.29. The van der Waals surface area contributed by atoms with Gasteiger partial charge < -0.3 is 9.80 Å². The number of benzene rings is 1. The van der Waals surface area contributed by atoms with Gasteiger partial charge in [-0.1, -0.05) is 24.3 Å². The normalized spacial score (nSPS) is 18.2. The van der Waals surface area contributed by atoms with Gasteiger partial charge in [-0.15, -0.1) is 0 Å². The van der Waals surface area contributed by atoms with E-state index >= 15 is 0 Å². The monoisotopic (exact) mass is 274 g/mol. The zero-order valence-electron chi connectivity index (χ0n) is 10.5. The summed E-state index contributed by atoms with van der Waals surface area (Å²) in [6.45, 7) is 0.516. The van der Waals surface area contributed by atoms with Crippen molar-refractivity contribution in [2.24, 2.45) is 0 Å². The van der Waals surface area contributed by atoms with Crippen LogP contribution in [0.5, 0.6) is 0 Å². The van der Waals surface area contributed by atoms with E-state index in [9.17, 15) is 8.42 Å². The molecule has 2 aliphatic heterocycles. The van der Waals surface area contributed by atoms with E-state index < -0.39 is 9.84 Å².